The van der Waals surface area contributed by atoms with Crippen LogP contribution in [0.4, 0.5) is 5.69 Å². The molecule has 0 bridgehead atoms. The number of rotatable bonds is 2. The molecule has 2 aliphatic rings. The second kappa shape index (κ2) is 5.79. The van der Waals surface area contributed by atoms with Gasteiger partial charge in [0.1, 0.15) is 0 Å². The highest BCUT2D eigenvalue weighted by atomic mass is 32.2. The zero-order valence-electron chi connectivity index (χ0n) is 14.5. The Hall–Kier alpha value is -2.93. The minimum atomic E-state index is -3.29. The predicted molar refractivity (Wildman–Crippen MR) is 104 cm³/mol. The minimum Gasteiger partial charge on any atom is -0.339 e. The number of carbonyl (C=O) groups excluding carboxylic acids is 1. The van der Waals surface area contributed by atoms with Gasteiger partial charge in [0.15, 0.2) is 0 Å². The van der Waals surface area contributed by atoms with Gasteiger partial charge < -0.3 is 4.90 Å². The molecule has 2 aliphatic heterocycles. The summed E-state index contributed by atoms with van der Waals surface area (Å²) >= 11 is 0. The van der Waals surface area contributed by atoms with Crippen molar-refractivity contribution in [1.82, 2.24) is 9.88 Å². The number of nitrogens with zero attached hydrogens (tertiary/aromatic N) is 2. The molecule has 2 aromatic carbocycles. The number of likely N-dealkylation sites (tertiary alicyclic amines) is 1. The largest absolute Gasteiger partial charge is 0.339 e. The first-order chi connectivity index (χ1) is 13.0. The molecule has 1 N–H and O–H groups in total. The van der Waals surface area contributed by atoms with Crippen molar-refractivity contribution in [3.8, 4) is 11.1 Å². The van der Waals surface area contributed by atoms with E-state index in [0.717, 1.165) is 47.0 Å². The van der Waals surface area contributed by atoms with Gasteiger partial charge in [0.05, 0.1) is 11.4 Å². The highest BCUT2D eigenvalue weighted by Crippen LogP contribution is 2.34. The fourth-order valence-corrected chi connectivity index (χ4v) is 4.87. The number of anilines is 1. The van der Waals surface area contributed by atoms with Crippen LogP contribution in [-0.4, -0.2) is 37.3 Å². The first-order valence-electron chi connectivity index (χ1n) is 8.81. The molecule has 6 nitrogen and oxygen atoms in total. The molecule has 0 spiro atoms. The number of aromatic nitrogens is 1. The summed E-state index contributed by atoms with van der Waals surface area (Å²) in [6, 6.07) is 11.2. The SMILES string of the molecule is O=C(c1ccc2cncc(-c3ccc4c(c3)CS(=O)(=O)N4)c2c1)N1CCC1. The third-order valence-electron chi connectivity index (χ3n) is 5.18. The second-order valence-electron chi connectivity index (χ2n) is 7.00. The second-order valence-corrected chi connectivity index (χ2v) is 8.72. The van der Waals surface area contributed by atoms with Crippen molar-refractivity contribution in [3.05, 3.63) is 59.9 Å². The summed E-state index contributed by atoms with van der Waals surface area (Å²) in [7, 11) is -3.29. The normalized spacial score (nSPS) is 17.3. The lowest BCUT2D eigenvalue weighted by Gasteiger charge is -2.31. The van der Waals surface area contributed by atoms with Crippen molar-refractivity contribution in [2.75, 3.05) is 17.8 Å². The van der Waals surface area contributed by atoms with Gasteiger partial charge in [-0.25, -0.2) is 8.42 Å². The van der Waals surface area contributed by atoms with Crippen molar-refractivity contribution in [1.29, 1.82) is 0 Å². The molecule has 1 aromatic heterocycles. The lowest BCUT2D eigenvalue weighted by atomic mass is 9.97. The molecule has 5 rings (SSSR count). The van der Waals surface area contributed by atoms with Crippen molar-refractivity contribution in [2.24, 2.45) is 0 Å². The minimum absolute atomic E-state index is 0.0208. The molecule has 3 aromatic rings. The molecule has 136 valence electrons. The summed E-state index contributed by atoms with van der Waals surface area (Å²) in [5.74, 6) is 0.0303. The van der Waals surface area contributed by atoms with E-state index in [-0.39, 0.29) is 11.7 Å². The van der Waals surface area contributed by atoms with Crippen LogP contribution in [0.2, 0.25) is 0 Å². The van der Waals surface area contributed by atoms with Crippen LogP contribution in [0.3, 0.4) is 0 Å². The molecule has 0 aliphatic carbocycles. The molecule has 1 amide bonds. The van der Waals surface area contributed by atoms with E-state index in [1.807, 2.05) is 35.2 Å². The van der Waals surface area contributed by atoms with Gasteiger partial charge in [-0.05, 0) is 47.2 Å². The fourth-order valence-electron chi connectivity index (χ4n) is 3.62. The van der Waals surface area contributed by atoms with E-state index >= 15 is 0 Å². The van der Waals surface area contributed by atoms with Crippen LogP contribution >= 0.6 is 0 Å². The Labute approximate surface area is 156 Å². The molecule has 0 atom stereocenters. The Kier molecular flexibility index (Phi) is 3.48. The van der Waals surface area contributed by atoms with E-state index < -0.39 is 10.0 Å². The third kappa shape index (κ3) is 2.75. The zero-order chi connectivity index (χ0) is 18.6. The van der Waals surface area contributed by atoms with Gasteiger partial charge in [-0.15, -0.1) is 0 Å². The van der Waals surface area contributed by atoms with Crippen molar-refractivity contribution in [3.63, 3.8) is 0 Å². The van der Waals surface area contributed by atoms with Gasteiger partial charge in [-0.2, -0.15) is 0 Å². The van der Waals surface area contributed by atoms with Crippen LogP contribution in [0.5, 0.6) is 0 Å². The standard InChI is InChI=1S/C20H17N3O3S/c24-20(23-6-1-7-23)14-2-3-15-10-21-11-18(17(15)9-14)13-4-5-19-16(8-13)12-27(25,26)22-19/h2-5,8-11,22H,1,6-7,12H2. The Bertz CT molecular complexity index is 1200. The van der Waals surface area contributed by atoms with E-state index in [1.165, 1.54) is 0 Å². The summed E-state index contributed by atoms with van der Waals surface area (Å²) < 4.78 is 26.1. The maximum absolute atomic E-state index is 12.6. The van der Waals surface area contributed by atoms with E-state index in [1.54, 1.807) is 18.5 Å². The van der Waals surface area contributed by atoms with Crippen LogP contribution in [0.15, 0.2) is 48.8 Å². The van der Waals surface area contributed by atoms with Crippen molar-refractivity contribution in [2.45, 2.75) is 12.2 Å². The Morgan fingerprint density at radius 2 is 1.93 bits per heavy atom. The summed E-state index contributed by atoms with van der Waals surface area (Å²) in [6.07, 6.45) is 4.59. The van der Waals surface area contributed by atoms with Crippen LogP contribution in [0.1, 0.15) is 22.3 Å². The van der Waals surface area contributed by atoms with E-state index in [0.29, 0.717) is 11.3 Å². The number of hydrogen-bond donors (Lipinski definition) is 1. The number of nitrogens with one attached hydrogen (secondary N) is 1. The number of carbonyl (C=O) groups is 1. The molecule has 7 heteroatoms. The quantitative estimate of drug-likeness (QED) is 0.742. The number of sulfonamides is 1. The van der Waals surface area contributed by atoms with Gasteiger partial charge >= 0.3 is 0 Å². The number of pyridine rings is 1. The molecular formula is C20H17N3O3S. The average Bonchev–Trinajstić information content (AvgIpc) is 2.92. The van der Waals surface area contributed by atoms with Gasteiger partial charge in [0, 0.05) is 42.0 Å². The number of benzene rings is 2. The van der Waals surface area contributed by atoms with E-state index in [9.17, 15) is 13.2 Å². The Morgan fingerprint density at radius 1 is 1.07 bits per heavy atom. The smallest absolute Gasteiger partial charge is 0.253 e. The number of fused-ring (bicyclic) bond motifs is 2. The molecule has 0 unspecified atom stereocenters. The predicted octanol–water partition coefficient (Wildman–Crippen LogP) is 3.00. The maximum atomic E-state index is 12.6. The van der Waals surface area contributed by atoms with Crippen molar-refractivity contribution < 1.29 is 13.2 Å². The van der Waals surface area contributed by atoms with E-state index in [2.05, 4.69) is 9.71 Å². The maximum Gasteiger partial charge on any atom is 0.253 e. The van der Waals surface area contributed by atoms with Crippen LogP contribution in [0.25, 0.3) is 21.9 Å². The van der Waals surface area contributed by atoms with Gasteiger partial charge in [-0.1, -0.05) is 12.1 Å². The lowest BCUT2D eigenvalue weighted by molar-refractivity contribution is 0.0652. The molecule has 27 heavy (non-hydrogen) atoms. The third-order valence-corrected chi connectivity index (χ3v) is 6.40. The van der Waals surface area contributed by atoms with Crippen molar-refractivity contribution >= 4 is 32.4 Å². The topological polar surface area (TPSA) is 79.4 Å². The highest BCUT2D eigenvalue weighted by Gasteiger charge is 2.24. The fraction of sp³-hybridized carbons (Fsp3) is 0.200. The van der Waals surface area contributed by atoms with Crippen LogP contribution < -0.4 is 4.72 Å². The van der Waals surface area contributed by atoms with Crippen LogP contribution in [0, 0.1) is 0 Å². The summed E-state index contributed by atoms with van der Waals surface area (Å²) in [5.41, 5.74) is 3.81. The molecule has 0 saturated carbocycles. The molecule has 3 heterocycles. The van der Waals surface area contributed by atoms with Gasteiger partial charge in [0.25, 0.3) is 5.91 Å². The highest BCUT2D eigenvalue weighted by molar-refractivity contribution is 7.92. The lowest BCUT2D eigenvalue weighted by Crippen LogP contribution is -2.41. The summed E-state index contributed by atoms with van der Waals surface area (Å²) in [4.78, 5) is 18.7. The summed E-state index contributed by atoms with van der Waals surface area (Å²) in [5, 5.41) is 1.88. The number of hydrogen-bond acceptors (Lipinski definition) is 4. The zero-order valence-corrected chi connectivity index (χ0v) is 15.3. The summed E-state index contributed by atoms with van der Waals surface area (Å²) in [6.45, 7) is 1.62. The monoisotopic (exact) mass is 379 g/mol. The van der Waals surface area contributed by atoms with E-state index in [4.69, 9.17) is 0 Å². The first kappa shape index (κ1) is 16.3. The molecular weight excluding hydrogens is 362 g/mol. The molecule has 1 fully saturated rings. The average molecular weight is 379 g/mol. The number of amides is 1. The molecule has 0 radical (unpaired) electrons. The Morgan fingerprint density at radius 3 is 2.70 bits per heavy atom. The Balaban J connectivity index is 1.62. The van der Waals surface area contributed by atoms with Crippen LogP contribution in [-0.2, 0) is 15.8 Å². The van der Waals surface area contributed by atoms with Gasteiger partial charge in [-0.3, -0.25) is 14.5 Å². The first-order valence-corrected chi connectivity index (χ1v) is 10.5. The molecule has 1 saturated heterocycles. The van der Waals surface area contributed by atoms with Gasteiger partial charge in [0.2, 0.25) is 10.0 Å².